The average molecular weight is 283 g/mol. The highest BCUT2D eigenvalue weighted by atomic mass is 16.6. The van der Waals surface area contributed by atoms with Crippen molar-refractivity contribution in [1.29, 1.82) is 0 Å². The first-order valence-electron chi connectivity index (χ1n) is 6.24. The molecule has 21 heavy (non-hydrogen) atoms. The van der Waals surface area contributed by atoms with Gasteiger partial charge >= 0.3 is 5.97 Å². The highest BCUT2D eigenvalue weighted by molar-refractivity contribution is 6.40. The van der Waals surface area contributed by atoms with E-state index in [4.69, 9.17) is 9.94 Å². The van der Waals surface area contributed by atoms with Crippen LogP contribution in [0.4, 0.5) is 0 Å². The van der Waals surface area contributed by atoms with Gasteiger partial charge in [0.15, 0.2) is 0 Å². The fourth-order valence-corrected chi connectivity index (χ4v) is 1.73. The topological polar surface area (TPSA) is 76.0 Å². The number of nitrogens with zero attached hydrogens (tertiary/aromatic N) is 1. The minimum Gasteiger partial charge on any atom is -0.475 e. The molecule has 0 aliphatic carbocycles. The van der Waals surface area contributed by atoms with E-state index in [9.17, 15) is 9.59 Å². The molecule has 0 saturated carbocycles. The SMILES string of the molecule is O=C(O)C(=O)c1ccccc1CO/N=C/c1ccccc1. The van der Waals surface area contributed by atoms with Crippen LogP contribution in [-0.4, -0.2) is 23.1 Å². The number of aliphatic carboxylic acids is 1. The van der Waals surface area contributed by atoms with Gasteiger partial charge in [-0.25, -0.2) is 4.79 Å². The van der Waals surface area contributed by atoms with Crippen LogP contribution in [0.25, 0.3) is 0 Å². The third kappa shape index (κ3) is 4.01. The molecule has 0 aliphatic heterocycles. The van der Waals surface area contributed by atoms with E-state index in [-0.39, 0.29) is 12.2 Å². The molecule has 0 aliphatic rings. The third-order valence-electron chi connectivity index (χ3n) is 2.75. The van der Waals surface area contributed by atoms with Crippen LogP contribution in [-0.2, 0) is 16.2 Å². The summed E-state index contributed by atoms with van der Waals surface area (Å²) >= 11 is 0. The number of oxime groups is 1. The molecule has 2 rings (SSSR count). The van der Waals surface area contributed by atoms with Crippen LogP contribution in [0.3, 0.4) is 0 Å². The molecule has 0 unspecified atom stereocenters. The Kier molecular flexibility index (Phi) is 4.82. The first-order chi connectivity index (χ1) is 10.2. The molecule has 106 valence electrons. The van der Waals surface area contributed by atoms with E-state index in [1.54, 1.807) is 24.4 Å². The molecule has 0 atom stereocenters. The monoisotopic (exact) mass is 283 g/mol. The first-order valence-corrected chi connectivity index (χ1v) is 6.24. The Morgan fingerprint density at radius 1 is 1.05 bits per heavy atom. The Morgan fingerprint density at radius 2 is 1.71 bits per heavy atom. The smallest absolute Gasteiger partial charge is 0.377 e. The van der Waals surface area contributed by atoms with Crippen molar-refractivity contribution in [3.8, 4) is 0 Å². The van der Waals surface area contributed by atoms with E-state index < -0.39 is 11.8 Å². The molecule has 0 heterocycles. The Labute approximate surface area is 121 Å². The van der Waals surface area contributed by atoms with Gasteiger partial charge in [-0.1, -0.05) is 59.8 Å². The van der Waals surface area contributed by atoms with Crippen molar-refractivity contribution in [2.45, 2.75) is 6.61 Å². The largest absolute Gasteiger partial charge is 0.475 e. The molecule has 0 spiro atoms. The van der Waals surface area contributed by atoms with Gasteiger partial charge in [-0.15, -0.1) is 0 Å². The number of rotatable bonds is 6. The molecular formula is C16H13NO4. The Balaban J connectivity index is 2.02. The normalized spacial score (nSPS) is 10.5. The van der Waals surface area contributed by atoms with E-state index in [1.165, 1.54) is 6.07 Å². The fourth-order valence-electron chi connectivity index (χ4n) is 1.73. The highest BCUT2D eigenvalue weighted by Gasteiger charge is 2.17. The van der Waals surface area contributed by atoms with Crippen molar-refractivity contribution in [3.05, 3.63) is 71.3 Å². The van der Waals surface area contributed by atoms with Gasteiger partial charge in [0.2, 0.25) is 0 Å². The lowest BCUT2D eigenvalue weighted by Gasteiger charge is -2.05. The van der Waals surface area contributed by atoms with E-state index in [2.05, 4.69) is 5.16 Å². The summed E-state index contributed by atoms with van der Waals surface area (Å²) < 4.78 is 0. The minimum absolute atomic E-state index is 0.0263. The number of carbonyl (C=O) groups is 2. The second-order valence-electron chi connectivity index (χ2n) is 4.21. The van der Waals surface area contributed by atoms with Crippen LogP contribution in [0.5, 0.6) is 0 Å². The highest BCUT2D eigenvalue weighted by Crippen LogP contribution is 2.11. The number of benzene rings is 2. The van der Waals surface area contributed by atoms with Gasteiger partial charge in [0.05, 0.1) is 6.21 Å². The molecule has 0 saturated heterocycles. The zero-order valence-corrected chi connectivity index (χ0v) is 11.1. The number of carboxylic acid groups (broad SMARTS) is 1. The van der Waals surface area contributed by atoms with Gasteiger partial charge in [0, 0.05) is 11.1 Å². The van der Waals surface area contributed by atoms with Gasteiger partial charge in [-0.3, -0.25) is 4.79 Å². The molecule has 0 amide bonds. The summed E-state index contributed by atoms with van der Waals surface area (Å²) in [6.07, 6.45) is 1.54. The molecule has 0 radical (unpaired) electrons. The van der Waals surface area contributed by atoms with Crippen molar-refractivity contribution in [1.82, 2.24) is 0 Å². The molecule has 5 nitrogen and oxygen atoms in total. The van der Waals surface area contributed by atoms with Gasteiger partial charge < -0.3 is 9.94 Å². The Bertz CT molecular complexity index is 665. The van der Waals surface area contributed by atoms with Gasteiger partial charge in [0.25, 0.3) is 5.78 Å². The molecule has 0 fully saturated rings. The third-order valence-corrected chi connectivity index (χ3v) is 2.75. The zero-order chi connectivity index (χ0) is 15.1. The van der Waals surface area contributed by atoms with Crippen LogP contribution in [0.1, 0.15) is 21.5 Å². The lowest BCUT2D eigenvalue weighted by Crippen LogP contribution is -2.15. The lowest BCUT2D eigenvalue weighted by molar-refractivity contribution is -0.131. The fraction of sp³-hybridized carbons (Fsp3) is 0.0625. The summed E-state index contributed by atoms with van der Waals surface area (Å²) in [7, 11) is 0. The Hall–Kier alpha value is -2.95. The van der Waals surface area contributed by atoms with Crippen LogP contribution >= 0.6 is 0 Å². The van der Waals surface area contributed by atoms with E-state index in [0.29, 0.717) is 5.56 Å². The van der Waals surface area contributed by atoms with Gasteiger partial charge in [-0.05, 0) is 5.56 Å². The molecular weight excluding hydrogens is 270 g/mol. The molecule has 0 aromatic heterocycles. The Morgan fingerprint density at radius 3 is 2.43 bits per heavy atom. The van der Waals surface area contributed by atoms with E-state index in [1.807, 2.05) is 30.3 Å². The number of carboxylic acids is 1. The number of ketones is 1. The van der Waals surface area contributed by atoms with Crippen molar-refractivity contribution >= 4 is 18.0 Å². The summed E-state index contributed by atoms with van der Waals surface area (Å²) in [5.74, 6) is -2.45. The van der Waals surface area contributed by atoms with Crippen LogP contribution < -0.4 is 0 Å². The lowest BCUT2D eigenvalue weighted by atomic mass is 10.0. The van der Waals surface area contributed by atoms with Crippen molar-refractivity contribution < 1.29 is 19.5 Å². The minimum atomic E-state index is -1.49. The van der Waals surface area contributed by atoms with Gasteiger partial charge in [-0.2, -0.15) is 0 Å². The summed E-state index contributed by atoms with van der Waals surface area (Å²) in [6.45, 7) is 0.0263. The zero-order valence-electron chi connectivity index (χ0n) is 11.1. The number of Topliss-reactive ketones (excluding diaryl/α,β-unsaturated/α-hetero) is 1. The predicted molar refractivity (Wildman–Crippen MR) is 77.2 cm³/mol. The molecule has 1 N–H and O–H groups in total. The number of hydrogen-bond acceptors (Lipinski definition) is 4. The van der Waals surface area contributed by atoms with Crippen molar-refractivity contribution in [2.24, 2.45) is 5.16 Å². The van der Waals surface area contributed by atoms with Crippen molar-refractivity contribution in [2.75, 3.05) is 0 Å². The maximum absolute atomic E-state index is 11.5. The number of hydrogen-bond donors (Lipinski definition) is 1. The maximum Gasteiger partial charge on any atom is 0.377 e. The molecule has 2 aromatic rings. The van der Waals surface area contributed by atoms with Crippen LogP contribution in [0, 0.1) is 0 Å². The van der Waals surface area contributed by atoms with E-state index >= 15 is 0 Å². The molecule has 5 heteroatoms. The quantitative estimate of drug-likeness (QED) is 0.382. The standard InChI is InChI=1S/C16H13NO4/c18-15(16(19)20)14-9-5-4-8-13(14)11-21-17-10-12-6-2-1-3-7-12/h1-10H,11H2,(H,19,20)/b17-10+. The second-order valence-corrected chi connectivity index (χ2v) is 4.21. The summed E-state index contributed by atoms with van der Waals surface area (Å²) in [4.78, 5) is 27.4. The predicted octanol–water partition coefficient (Wildman–Crippen LogP) is 2.50. The first kappa shape index (κ1) is 14.5. The van der Waals surface area contributed by atoms with Crippen LogP contribution in [0.2, 0.25) is 0 Å². The van der Waals surface area contributed by atoms with Crippen LogP contribution in [0.15, 0.2) is 59.8 Å². The van der Waals surface area contributed by atoms with Gasteiger partial charge in [0.1, 0.15) is 6.61 Å². The average Bonchev–Trinajstić information content (AvgIpc) is 2.52. The van der Waals surface area contributed by atoms with Crippen molar-refractivity contribution in [3.63, 3.8) is 0 Å². The summed E-state index contributed by atoms with van der Waals surface area (Å²) in [5, 5.41) is 12.6. The second kappa shape index (κ2) is 7.00. The molecule has 2 aromatic carbocycles. The maximum atomic E-state index is 11.5. The summed E-state index contributed by atoms with van der Waals surface area (Å²) in [6, 6.07) is 15.8. The van der Waals surface area contributed by atoms with E-state index in [0.717, 1.165) is 5.56 Å². The summed E-state index contributed by atoms with van der Waals surface area (Å²) in [5.41, 5.74) is 1.47. The number of carbonyl (C=O) groups excluding carboxylic acids is 1. The molecule has 0 bridgehead atoms.